The lowest BCUT2D eigenvalue weighted by atomic mass is 10.1. The molecule has 3 aromatic rings. The lowest BCUT2D eigenvalue weighted by Gasteiger charge is -2.13. The minimum Gasteiger partial charge on any atom is -0.324 e. The molecule has 0 bridgehead atoms. The van der Waals surface area contributed by atoms with Crippen molar-refractivity contribution >= 4 is 17.8 Å². The van der Waals surface area contributed by atoms with Gasteiger partial charge in [-0.05, 0) is 56.7 Å². The molecular formula is C22H18N2O4. The fraction of sp³-hybridized carbons (Fsp3) is 0.136. The maximum Gasteiger partial charge on any atom is 0.365 e. The molecule has 28 heavy (non-hydrogen) atoms. The van der Waals surface area contributed by atoms with Gasteiger partial charge in [0, 0.05) is 17.1 Å². The van der Waals surface area contributed by atoms with Crippen LogP contribution in [-0.4, -0.2) is 27.4 Å². The van der Waals surface area contributed by atoms with E-state index in [1.165, 1.54) is 12.1 Å². The van der Waals surface area contributed by atoms with E-state index in [0.29, 0.717) is 16.3 Å². The van der Waals surface area contributed by atoms with Gasteiger partial charge in [0.05, 0.1) is 16.7 Å². The number of aryl methyl sites for hydroxylation is 2. The van der Waals surface area contributed by atoms with Crippen LogP contribution in [0.5, 0.6) is 0 Å². The highest BCUT2D eigenvalue weighted by Crippen LogP contribution is 2.26. The van der Waals surface area contributed by atoms with Crippen molar-refractivity contribution in [1.82, 2.24) is 9.63 Å². The van der Waals surface area contributed by atoms with Gasteiger partial charge in [0.15, 0.2) is 0 Å². The number of nitrogens with zero attached hydrogens (tertiary/aromatic N) is 2. The summed E-state index contributed by atoms with van der Waals surface area (Å²) in [4.78, 5) is 42.8. The zero-order valence-electron chi connectivity index (χ0n) is 15.7. The van der Waals surface area contributed by atoms with Gasteiger partial charge in [-0.1, -0.05) is 29.3 Å². The smallest absolute Gasteiger partial charge is 0.324 e. The summed E-state index contributed by atoms with van der Waals surface area (Å²) < 4.78 is 1.94. The minimum atomic E-state index is -0.749. The molecular weight excluding hydrogens is 356 g/mol. The van der Waals surface area contributed by atoms with Gasteiger partial charge in [0.1, 0.15) is 0 Å². The van der Waals surface area contributed by atoms with Gasteiger partial charge in [-0.2, -0.15) is 0 Å². The van der Waals surface area contributed by atoms with Gasteiger partial charge in [-0.25, -0.2) is 4.79 Å². The number of carbonyl (C=O) groups excluding carboxylic acids is 3. The van der Waals surface area contributed by atoms with Crippen LogP contribution in [0.1, 0.15) is 48.0 Å². The molecule has 2 amide bonds. The highest BCUT2D eigenvalue weighted by molar-refractivity contribution is 6.21. The molecule has 6 heteroatoms. The topological polar surface area (TPSA) is 68.6 Å². The highest BCUT2D eigenvalue weighted by atomic mass is 16.7. The van der Waals surface area contributed by atoms with Crippen molar-refractivity contribution in [3.05, 3.63) is 88.2 Å². The van der Waals surface area contributed by atoms with Gasteiger partial charge in [0.25, 0.3) is 11.8 Å². The first-order valence-electron chi connectivity index (χ1n) is 8.84. The van der Waals surface area contributed by atoms with Crippen molar-refractivity contribution in [1.29, 1.82) is 0 Å². The van der Waals surface area contributed by atoms with Crippen LogP contribution >= 0.6 is 0 Å². The zero-order valence-corrected chi connectivity index (χ0v) is 15.7. The van der Waals surface area contributed by atoms with Crippen LogP contribution in [0.3, 0.4) is 0 Å². The van der Waals surface area contributed by atoms with Crippen LogP contribution in [0, 0.1) is 20.8 Å². The van der Waals surface area contributed by atoms with Crippen molar-refractivity contribution in [2.24, 2.45) is 0 Å². The van der Waals surface area contributed by atoms with Gasteiger partial charge in [-0.15, -0.1) is 0 Å². The number of benzene rings is 2. The number of hydrogen-bond donors (Lipinski definition) is 0. The quantitative estimate of drug-likeness (QED) is 0.655. The molecule has 0 unspecified atom stereocenters. The molecule has 0 atom stereocenters. The van der Waals surface area contributed by atoms with E-state index in [-0.39, 0.29) is 11.1 Å². The van der Waals surface area contributed by atoms with Gasteiger partial charge < -0.3 is 9.40 Å². The standard InChI is InChI=1S/C22H18N2O4/c1-13-7-6-8-16(11-13)23-14(2)12-19(15(23)3)22(27)28-24-20(25)17-9-4-5-10-18(17)21(24)26/h4-12H,1-3H3. The Bertz CT molecular complexity index is 1110. The minimum absolute atomic E-state index is 0.227. The fourth-order valence-corrected chi connectivity index (χ4v) is 3.52. The molecule has 6 nitrogen and oxygen atoms in total. The highest BCUT2D eigenvalue weighted by Gasteiger charge is 2.39. The summed E-state index contributed by atoms with van der Waals surface area (Å²) in [5.41, 5.74) is 4.30. The maximum atomic E-state index is 12.7. The predicted molar refractivity (Wildman–Crippen MR) is 102 cm³/mol. The van der Waals surface area contributed by atoms with E-state index in [4.69, 9.17) is 4.84 Å². The van der Waals surface area contributed by atoms with Crippen molar-refractivity contribution in [2.75, 3.05) is 0 Å². The lowest BCUT2D eigenvalue weighted by molar-refractivity contribution is -0.0585. The SMILES string of the molecule is Cc1cccc(-n2c(C)cc(C(=O)ON3C(=O)c4ccccc4C3=O)c2C)c1. The molecule has 0 fully saturated rings. The van der Waals surface area contributed by atoms with Crippen LogP contribution in [-0.2, 0) is 4.84 Å². The number of aromatic nitrogens is 1. The van der Waals surface area contributed by atoms with Crippen LogP contribution < -0.4 is 0 Å². The maximum absolute atomic E-state index is 12.7. The normalized spacial score (nSPS) is 13.0. The molecule has 0 saturated carbocycles. The Morgan fingerprint density at radius 2 is 1.50 bits per heavy atom. The number of imide groups is 1. The van der Waals surface area contributed by atoms with Gasteiger partial charge >= 0.3 is 5.97 Å². The van der Waals surface area contributed by atoms with Crippen LogP contribution in [0.15, 0.2) is 54.6 Å². The molecule has 4 rings (SSSR count). The number of carbonyl (C=O) groups is 3. The lowest BCUT2D eigenvalue weighted by Crippen LogP contribution is -2.32. The summed E-state index contributed by atoms with van der Waals surface area (Å²) in [5, 5.41) is 0.534. The molecule has 1 aromatic heterocycles. The molecule has 1 aliphatic heterocycles. The van der Waals surface area contributed by atoms with Crippen LogP contribution in [0.2, 0.25) is 0 Å². The molecule has 0 N–H and O–H groups in total. The third-order valence-electron chi connectivity index (χ3n) is 4.84. The third-order valence-corrected chi connectivity index (χ3v) is 4.84. The molecule has 2 aromatic carbocycles. The Morgan fingerprint density at radius 1 is 0.857 bits per heavy atom. The largest absolute Gasteiger partial charge is 0.365 e. The average Bonchev–Trinajstić information content (AvgIpc) is 3.10. The Kier molecular flexibility index (Phi) is 4.11. The van der Waals surface area contributed by atoms with E-state index >= 15 is 0 Å². The Morgan fingerprint density at radius 3 is 2.11 bits per heavy atom. The van der Waals surface area contributed by atoms with E-state index < -0.39 is 17.8 Å². The van der Waals surface area contributed by atoms with Crippen molar-refractivity contribution in [3.63, 3.8) is 0 Å². The monoisotopic (exact) mass is 374 g/mol. The molecule has 0 spiro atoms. The summed E-state index contributed by atoms with van der Waals surface area (Å²) in [5.74, 6) is -2.02. The number of hydrogen-bond acceptors (Lipinski definition) is 4. The van der Waals surface area contributed by atoms with Gasteiger partial charge in [-0.3, -0.25) is 9.59 Å². The third kappa shape index (κ3) is 2.70. The van der Waals surface area contributed by atoms with E-state index in [2.05, 4.69) is 0 Å². The predicted octanol–water partition coefficient (Wildman–Crippen LogP) is 3.77. The number of amides is 2. The Balaban J connectivity index is 1.65. The Labute approximate surface area is 161 Å². The van der Waals surface area contributed by atoms with Crippen molar-refractivity contribution in [2.45, 2.75) is 20.8 Å². The molecule has 140 valence electrons. The fourth-order valence-electron chi connectivity index (χ4n) is 3.52. The zero-order chi connectivity index (χ0) is 20.0. The van der Waals surface area contributed by atoms with Gasteiger partial charge in [0.2, 0.25) is 0 Å². The Hall–Kier alpha value is -3.67. The second-order valence-electron chi connectivity index (χ2n) is 6.79. The van der Waals surface area contributed by atoms with E-state index in [1.54, 1.807) is 25.1 Å². The molecule has 0 saturated heterocycles. The summed E-state index contributed by atoms with van der Waals surface area (Å²) in [6, 6.07) is 16.0. The molecule has 0 radical (unpaired) electrons. The summed E-state index contributed by atoms with van der Waals surface area (Å²) in [7, 11) is 0. The second-order valence-corrected chi connectivity index (χ2v) is 6.79. The van der Waals surface area contributed by atoms with E-state index in [0.717, 1.165) is 16.9 Å². The second kappa shape index (κ2) is 6.49. The van der Waals surface area contributed by atoms with Crippen molar-refractivity contribution < 1.29 is 19.2 Å². The van der Waals surface area contributed by atoms with Crippen LogP contribution in [0.4, 0.5) is 0 Å². The van der Waals surface area contributed by atoms with E-state index in [9.17, 15) is 14.4 Å². The first kappa shape index (κ1) is 17.7. The number of rotatable bonds is 3. The first-order chi connectivity index (χ1) is 13.4. The number of hydroxylamine groups is 2. The summed E-state index contributed by atoms with van der Waals surface area (Å²) >= 11 is 0. The average molecular weight is 374 g/mol. The molecule has 1 aliphatic rings. The summed E-state index contributed by atoms with van der Waals surface area (Å²) in [6.07, 6.45) is 0. The van der Waals surface area contributed by atoms with E-state index in [1.807, 2.05) is 42.7 Å². The first-order valence-corrected chi connectivity index (χ1v) is 8.84. The molecule has 0 aliphatic carbocycles. The van der Waals surface area contributed by atoms with Crippen molar-refractivity contribution in [3.8, 4) is 5.69 Å². The van der Waals surface area contributed by atoms with Crippen LogP contribution in [0.25, 0.3) is 5.69 Å². The summed E-state index contributed by atoms with van der Waals surface area (Å²) in [6.45, 7) is 5.68. The molecule has 2 heterocycles. The number of fused-ring (bicyclic) bond motifs is 1.